The Kier molecular flexibility index (Phi) is 4.45. The summed E-state index contributed by atoms with van der Waals surface area (Å²) in [5.41, 5.74) is 7.21. The van der Waals surface area contributed by atoms with E-state index in [0.29, 0.717) is 6.54 Å². The van der Waals surface area contributed by atoms with Gasteiger partial charge in [0.25, 0.3) is 0 Å². The molecule has 1 aromatic carbocycles. The highest BCUT2D eigenvalue weighted by Gasteiger charge is 2.52. The summed E-state index contributed by atoms with van der Waals surface area (Å²) < 4.78 is 13.1. The molecule has 20 heavy (non-hydrogen) atoms. The van der Waals surface area contributed by atoms with Crippen LogP contribution in [-0.4, -0.2) is 24.9 Å². The molecule has 1 heterocycles. The number of hydrogen-bond donors (Lipinski definition) is 1. The van der Waals surface area contributed by atoms with Gasteiger partial charge in [-0.05, 0) is 50.9 Å². The maximum atomic E-state index is 6.04. The fraction of sp³-hybridized carbons (Fsp3) is 0.467. The molecule has 5 heteroatoms. The van der Waals surface area contributed by atoms with Crippen LogP contribution in [0.2, 0.25) is 0 Å². The second-order valence-corrected chi connectivity index (χ2v) is 6.98. The van der Waals surface area contributed by atoms with E-state index >= 15 is 0 Å². The summed E-state index contributed by atoms with van der Waals surface area (Å²) in [5.74, 6) is 0. The van der Waals surface area contributed by atoms with E-state index in [1.165, 1.54) is 0 Å². The van der Waals surface area contributed by atoms with Gasteiger partial charge in [0.15, 0.2) is 0 Å². The number of halogens is 1. The molecular formula is C15H21BBrNO2. The van der Waals surface area contributed by atoms with Gasteiger partial charge in [-0.2, -0.15) is 0 Å². The Bertz CT molecular complexity index is 512. The van der Waals surface area contributed by atoms with Gasteiger partial charge in [0.05, 0.1) is 11.2 Å². The van der Waals surface area contributed by atoms with Crippen LogP contribution in [0.25, 0.3) is 6.08 Å². The van der Waals surface area contributed by atoms with Crippen LogP contribution in [-0.2, 0) is 9.31 Å². The molecule has 0 atom stereocenters. The summed E-state index contributed by atoms with van der Waals surface area (Å²) in [4.78, 5) is 0. The molecule has 1 aliphatic rings. The van der Waals surface area contributed by atoms with Crippen molar-refractivity contribution in [3.05, 3.63) is 39.8 Å². The Morgan fingerprint density at radius 3 is 2.35 bits per heavy atom. The molecule has 1 saturated heterocycles. The molecule has 2 N–H and O–H groups in total. The van der Waals surface area contributed by atoms with Crippen molar-refractivity contribution >= 4 is 29.1 Å². The van der Waals surface area contributed by atoms with Gasteiger partial charge < -0.3 is 15.0 Å². The summed E-state index contributed by atoms with van der Waals surface area (Å²) >= 11 is 3.47. The van der Waals surface area contributed by atoms with Crippen LogP contribution in [0.1, 0.15) is 33.3 Å². The molecule has 0 unspecified atom stereocenters. The molecule has 0 amide bonds. The maximum Gasteiger partial charge on any atom is 0.491 e. The van der Waals surface area contributed by atoms with E-state index in [-0.39, 0.29) is 18.3 Å². The van der Waals surface area contributed by atoms with Crippen molar-refractivity contribution < 1.29 is 9.31 Å². The van der Waals surface area contributed by atoms with E-state index in [1.54, 1.807) is 0 Å². The van der Waals surface area contributed by atoms with Crippen molar-refractivity contribution in [2.24, 2.45) is 5.73 Å². The Hall–Kier alpha value is -0.615. The minimum absolute atomic E-state index is 0.344. The minimum Gasteiger partial charge on any atom is -0.400 e. The maximum absolute atomic E-state index is 6.04. The van der Waals surface area contributed by atoms with E-state index in [2.05, 4.69) is 15.9 Å². The van der Waals surface area contributed by atoms with Crippen molar-refractivity contribution in [2.75, 3.05) is 6.54 Å². The van der Waals surface area contributed by atoms with Gasteiger partial charge in [-0.1, -0.05) is 34.1 Å². The lowest BCUT2D eigenvalue weighted by atomic mass is 9.77. The second-order valence-electron chi connectivity index (χ2n) is 6.07. The van der Waals surface area contributed by atoms with Crippen LogP contribution in [0.15, 0.2) is 34.2 Å². The average molecular weight is 338 g/mol. The fourth-order valence-corrected chi connectivity index (χ4v) is 2.45. The predicted molar refractivity (Wildman–Crippen MR) is 87.3 cm³/mol. The van der Waals surface area contributed by atoms with Crippen LogP contribution < -0.4 is 5.73 Å². The third kappa shape index (κ3) is 3.17. The predicted octanol–water partition coefficient (Wildman–Crippen LogP) is 3.42. The molecule has 0 bridgehead atoms. The number of rotatable bonds is 3. The Balaban J connectivity index is 2.26. The standard InChI is InChI=1S/C15H21BBrNO2/c1-14(2)15(3,4)20-16(19-14)12(10-18)8-11-6-5-7-13(17)9-11/h5-9H,10,18H2,1-4H3. The Morgan fingerprint density at radius 2 is 1.85 bits per heavy atom. The normalized spacial score (nSPS) is 21.3. The van der Waals surface area contributed by atoms with Crippen molar-refractivity contribution in [3.8, 4) is 0 Å². The lowest BCUT2D eigenvalue weighted by Crippen LogP contribution is -2.41. The molecule has 108 valence electrons. The van der Waals surface area contributed by atoms with Crippen LogP contribution in [0.4, 0.5) is 0 Å². The summed E-state index contributed by atoms with van der Waals surface area (Å²) in [7, 11) is -0.385. The largest absolute Gasteiger partial charge is 0.491 e. The molecule has 0 radical (unpaired) electrons. The zero-order valence-electron chi connectivity index (χ0n) is 12.4. The minimum atomic E-state index is -0.385. The quantitative estimate of drug-likeness (QED) is 0.859. The van der Waals surface area contributed by atoms with Gasteiger partial charge in [-0.15, -0.1) is 0 Å². The molecule has 1 aromatic rings. The molecule has 0 spiro atoms. The van der Waals surface area contributed by atoms with Crippen LogP contribution in [0, 0.1) is 0 Å². The molecule has 3 nitrogen and oxygen atoms in total. The molecule has 1 aliphatic heterocycles. The molecule has 1 fully saturated rings. The Morgan fingerprint density at radius 1 is 1.25 bits per heavy atom. The number of hydrogen-bond acceptors (Lipinski definition) is 3. The number of benzene rings is 1. The Labute approximate surface area is 129 Å². The summed E-state index contributed by atoms with van der Waals surface area (Å²) in [6.45, 7) is 8.57. The van der Waals surface area contributed by atoms with Crippen molar-refractivity contribution in [2.45, 2.75) is 38.9 Å². The van der Waals surface area contributed by atoms with Gasteiger partial charge in [0, 0.05) is 11.0 Å². The molecule has 0 aromatic heterocycles. The van der Waals surface area contributed by atoms with Crippen molar-refractivity contribution in [1.29, 1.82) is 0 Å². The van der Waals surface area contributed by atoms with Crippen LogP contribution in [0.3, 0.4) is 0 Å². The second kappa shape index (κ2) is 5.64. The van der Waals surface area contributed by atoms with Gasteiger partial charge in [0.1, 0.15) is 0 Å². The summed E-state index contributed by atoms with van der Waals surface area (Å²) in [5, 5.41) is 0. The van der Waals surface area contributed by atoms with E-state index in [9.17, 15) is 0 Å². The highest BCUT2D eigenvalue weighted by Crippen LogP contribution is 2.38. The molecule has 0 saturated carbocycles. The first kappa shape index (κ1) is 15.8. The topological polar surface area (TPSA) is 44.5 Å². The van der Waals surface area contributed by atoms with Crippen molar-refractivity contribution in [3.63, 3.8) is 0 Å². The smallest absolute Gasteiger partial charge is 0.400 e. The monoisotopic (exact) mass is 337 g/mol. The van der Waals surface area contributed by atoms with Gasteiger partial charge in [-0.3, -0.25) is 0 Å². The molecular weight excluding hydrogens is 317 g/mol. The zero-order chi connectivity index (χ0) is 15.0. The first-order valence-electron chi connectivity index (χ1n) is 6.77. The third-order valence-corrected chi connectivity index (χ3v) is 4.49. The van der Waals surface area contributed by atoms with Crippen LogP contribution >= 0.6 is 15.9 Å². The first-order valence-corrected chi connectivity index (χ1v) is 7.56. The summed E-state index contributed by atoms with van der Waals surface area (Å²) in [6, 6.07) is 8.06. The lowest BCUT2D eigenvalue weighted by Gasteiger charge is -2.32. The SMILES string of the molecule is CC1(C)OB(C(=Cc2cccc(Br)c2)CN)OC1(C)C. The average Bonchev–Trinajstić information content (AvgIpc) is 2.55. The lowest BCUT2D eigenvalue weighted by molar-refractivity contribution is 0.00578. The highest BCUT2D eigenvalue weighted by atomic mass is 79.9. The summed E-state index contributed by atoms with van der Waals surface area (Å²) in [6.07, 6.45) is 2.03. The number of nitrogens with two attached hydrogens (primary N) is 1. The first-order chi connectivity index (χ1) is 9.25. The van der Waals surface area contributed by atoms with E-state index in [1.807, 2.05) is 58.0 Å². The van der Waals surface area contributed by atoms with Gasteiger partial charge in [0.2, 0.25) is 0 Å². The van der Waals surface area contributed by atoms with Gasteiger partial charge in [-0.25, -0.2) is 0 Å². The third-order valence-electron chi connectivity index (χ3n) is 3.99. The molecule has 2 rings (SSSR count). The molecule has 0 aliphatic carbocycles. The van der Waals surface area contributed by atoms with Gasteiger partial charge >= 0.3 is 7.12 Å². The van der Waals surface area contributed by atoms with Crippen molar-refractivity contribution in [1.82, 2.24) is 0 Å². The van der Waals surface area contributed by atoms with E-state index in [0.717, 1.165) is 15.5 Å². The van der Waals surface area contributed by atoms with E-state index < -0.39 is 0 Å². The van der Waals surface area contributed by atoms with E-state index in [4.69, 9.17) is 15.0 Å². The van der Waals surface area contributed by atoms with Crippen LogP contribution in [0.5, 0.6) is 0 Å². The zero-order valence-corrected chi connectivity index (χ0v) is 14.0. The highest BCUT2D eigenvalue weighted by molar-refractivity contribution is 9.10. The fourth-order valence-electron chi connectivity index (χ4n) is 2.03.